The van der Waals surface area contributed by atoms with Crippen molar-refractivity contribution in [3.8, 4) is 11.6 Å². The molecule has 7 heteroatoms. The molecule has 0 amide bonds. The number of fused-ring (bicyclic) bond motifs is 6. The van der Waals surface area contributed by atoms with Crippen LogP contribution < -0.4 is 14.5 Å². The SMILES string of the molecule is CCN(CC)c1ccc2c(c1)Oc1c(c(N(C)C)nn1C)C21OC(=O)c2ccccc21. The van der Waals surface area contributed by atoms with Gasteiger partial charge in [-0.05, 0) is 32.0 Å². The normalized spacial score (nSPS) is 18.2. The van der Waals surface area contributed by atoms with Crippen molar-refractivity contribution in [2.75, 3.05) is 37.0 Å². The van der Waals surface area contributed by atoms with Crippen molar-refractivity contribution in [2.45, 2.75) is 19.4 Å². The second-order valence-corrected chi connectivity index (χ2v) is 8.09. The molecule has 2 aliphatic heterocycles. The van der Waals surface area contributed by atoms with Crippen LogP contribution in [0.5, 0.6) is 11.6 Å². The van der Waals surface area contributed by atoms with Gasteiger partial charge in [0.25, 0.3) is 0 Å². The standard InChI is InChI=1S/C24H26N4O3/c1-6-28(7-2)15-12-13-18-19(14-15)30-22-20(21(26(3)4)25-27(22)5)24(18)17-11-9-8-10-16(17)23(29)31-24/h8-14H,6-7H2,1-5H3. The Kier molecular flexibility index (Phi) is 4.25. The van der Waals surface area contributed by atoms with Gasteiger partial charge in [0.2, 0.25) is 11.5 Å². The summed E-state index contributed by atoms with van der Waals surface area (Å²) in [5.41, 5.74) is 2.91. The van der Waals surface area contributed by atoms with Gasteiger partial charge in [-0.1, -0.05) is 18.2 Å². The predicted molar refractivity (Wildman–Crippen MR) is 119 cm³/mol. The number of hydrogen-bond acceptors (Lipinski definition) is 6. The molecule has 1 aromatic heterocycles. The Bertz CT molecular complexity index is 1200. The van der Waals surface area contributed by atoms with E-state index in [1.165, 1.54) is 0 Å². The van der Waals surface area contributed by atoms with Crippen LogP contribution in [0.2, 0.25) is 0 Å². The second kappa shape index (κ2) is 6.77. The van der Waals surface area contributed by atoms with E-state index in [1.54, 1.807) is 4.68 Å². The number of aryl methyl sites for hydroxylation is 1. The second-order valence-electron chi connectivity index (χ2n) is 8.09. The predicted octanol–water partition coefficient (Wildman–Crippen LogP) is 3.90. The highest BCUT2D eigenvalue weighted by atomic mass is 16.6. The maximum absolute atomic E-state index is 13.0. The fraction of sp³-hybridized carbons (Fsp3) is 0.333. The Hall–Kier alpha value is -3.48. The molecule has 0 N–H and O–H groups in total. The first kappa shape index (κ1) is 19.5. The van der Waals surface area contributed by atoms with Crippen LogP contribution in [0.25, 0.3) is 0 Å². The number of nitrogens with zero attached hydrogens (tertiary/aromatic N) is 4. The van der Waals surface area contributed by atoms with E-state index in [0.717, 1.165) is 35.5 Å². The topological polar surface area (TPSA) is 59.8 Å². The molecule has 1 unspecified atom stereocenters. The lowest BCUT2D eigenvalue weighted by molar-refractivity contribution is 0.0224. The zero-order valence-electron chi connectivity index (χ0n) is 18.5. The quantitative estimate of drug-likeness (QED) is 0.599. The van der Waals surface area contributed by atoms with Crippen molar-refractivity contribution in [1.82, 2.24) is 9.78 Å². The molecule has 0 saturated carbocycles. The summed E-state index contributed by atoms with van der Waals surface area (Å²) in [6, 6.07) is 13.7. The fourth-order valence-corrected chi connectivity index (χ4v) is 4.75. The minimum Gasteiger partial charge on any atom is -0.440 e. The van der Waals surface area contributed by atoms with Gasteiger partial charge >= 0.3 is 5.97 Å². The molecule has 1 spiro atoms. The van der Waals surface area contributed by atoms with E-state index < -0.39 is 5.60 Å². The zero-order chi connectivity index (χ0) is 21.9. The molecule has 0 radical (unpaired) electrons. The molecule has 2 aromatic carbocycles. The highest BCUT2D eigenvalue weighted by Crippen LogP contribution is 2.58. The highest BCUT2D eigenvalue weighted by molar-refractivity contribution is 5.97. The number of benzene rings is 2. The number of esters is 1. The largest absolute Gasteiger partial charge is 0.440 e. The lowest BCUT2D eigenvalue weighted by Gasteiger charge is -2.36. The van der Waals surface area contributed by atoms with E-state index >= 15 is 0 Å². The Balaban J connectivity index is 1.84. The van der Waals surface area contributed by atoms with Gasteiger partial charge in [0.15, 0.2) is 5.82 Å². The van der Waals surface area contributed by atoms with Gasteiger partial charge in [-0.25, -0.2) is 9.48 Å². The summed E-state index contributed by atoms with van der Waals surface area (Å²) >= 11 is 0. The summed E-state index contributed by atoms with van der Waals surface area (Å²) in [6.07, 6.45) is 0. The number of carbonyl (C=O) groups excluding carboxylic acids is 1. The Labute approximate surface area is 181 Å². The molecular weight excluding hydrogens is 392 g/mol. The van der Waals surface area contributed by atoms with Crippen molar-refractivity contribution in [1.29, 1.82) is 0 Å². The maximum atomic E-state index is 13.0. The molecule has 0 aliphatic carbocycles. The van der Waals surface area contributed by atoms with Gasteiger partial charge in [0.1, 0.15) is 11.3 Å². The summed E-state index contributed by atoms with van der Waals surface area (Å²) in [5, 5.41) is 4.70. The van der Waals surface area contributed by atoms with Gasteiger partial charge in [-0.3, -0.25) is 0 Å². The molecule has 160 valence electrons. The monoisotopic (exact) mass is 418 g/mol. The third-order valence-corrected chi connectivity index (χ3v) is 6.20. The van der Waals surface area contributed by atoms with Gasteiger partial charge in [-0.15, -0.1) is 0 Å². The Morgan fingerprint density at radius 2 is 1.81 bits per heavy atom. The third kappa shape index (κ3) is 2.52. The first-order chi connectivity index (χ1) is 14.9. The van der Waals surface area contributed by atoms with Gasteiger partial charge in [-0.2, -0.15) is 5.10 Å². The average molecular weight is 418 g/mol. The van der Waals surface area contributed by atoms with E-state index in [-0.39, 0.29) is 5.97 Å². The minimum absolute atomic E-state index is 0.337. The molecule has 31 heavy (non-hydrogen) atoms. The summed E-state index contributed by atoms with van der Waals surface area (Å²) < 4.78 is 14.4. The van der Waals surface area contributed by atoms with Gasteiger partial charge < -0.3 is 19.3 Å². The lowest BCUT2D eigenvalue weighted by Crippen LogP contribution is -2.34. The number of rotatable bonds is 4. The molecule has 0 bridgehead atoms. The number of carbonyl (C=O) groups is 1. The molecule has 0 fully saturated rings. The zero-order valence-corrected chi connectivity index (χ0v) is 18.5. The van der Waals surface area contributed by atoms with Crippen LogP contribution >= 0.6 is 0 Å². The molecule has 0 saturated heterocycles. The molecule has 5 rings (SSSR count). The Morgan fingerprint density at radius 1 is 1.06 bits per heavy atom. The molecular formula is C24H26N4O3. The highest BCUT2D eigenvalue weighted by Gasteiger charge is 2.56. The number of aromatic nitrogens is 2. The van der Waals surface area contributed by atoms with E-state index in [9.17, 15) is 4.79 Å². The van der Waals surface area contributed by atoms with Gasteiger partial charge in [0.05, 0.1) is 5.56 Å². The number of hydrogen-bond donors (Lipinski definition) is 0. The molecule has 2 aliphatic rings. The van der Waals surface area contributed by atoms with Crippen LogP contribution in [0.1, 0.15) is 40.9 Å². The van der Waals surface area contributed by atoms with Gasteiger partial charge in [0, 0.05) is 57.1 Å². The van der Waals surface area contributed by atoms with Crippen LogP contribution in [-0.4, -0.2) is 42.9 Å². The lowest BCUT2D eigenvalue weighted by atomic mass is 9.78. The first-order valence-electron chi connectivity index (χ1n) is 10.6. The minimum atomic E-state index is -1.10. The molecule has 1 atom stereocenters. The molecule has 7 nitrogen and oxygen atoms in total. The summed E-state index contributed by atoms with van der Waals surface area (Å²) in [6.45, 7) is 6.03. The maximum Gasteiger partial charge on any atom is 0.340 e. The van der Waals surface area contributed by atoms with Crippen LogP contribution in [-0.2, 0) is 17.4 Å². The van der Waals surface area contributed by atoms with Crippen LogP contribution in [0.3, 0.4) is 0 Å². The summed E-state index contributed by atoms with van der Waals surface area (Å²) in [5.74, 6) is 1.63. The fourth-order valence-electron chi connectivity index (χ4n) is 4.75. The van der Waals surface area contributed by atoms with Crippen molar-refractivity contribution in [2.24, 2.45) is 7.05 Å². The van der Waals surface area contributed by atoms with Crippen molar-refractivity contribution in [3.63, 3.8) is 0 Å². The number of ether oxygens (including phenoxy) is 2. The third-order valence-electron chi connectivity index (χ3n) is 6.20. The molecule has 3 aromatic rings. The van der Waals surface area contributed by atoms with E-state index in [1.807, 2.05) is 62.4 Å². The van der Waals surface area contributed by atoms with E-state index in [4.69, 9.17) is 14.6 Å². The van der Waals surface area contributed by atoms with Crippen molar-refractivity contribution < 1.29 is 14.3 Å². The average Bonchev–Trinajstić information content (AvgIpc) is 3.25. The van der Waals surface area contributed by atoms with Crippen LogP contribution in [0.4, 0.5) is 11.5 Å². The van der Waals surface area contributed by atoms with Crippen molar-refractivity contribution in [3.05, 3.63) is 64.7 Å². The summed E-state index contributed by atoms with van der Waals surface area (Å²) in [7, 11) is 5.71. The first-order valence-corrected chi connectivity index (χ1v) is 10.6. The molecule has 3 heterocycles. The Morgan fingerprint density at radius 3 is 2.52 bits per heavy atom. The summed E-state index contributed by atoms with van der Waals surface area (Å²) in [4.78, 5) is 17.2. The van der Waals surface area contributed by atoms with Crippen LogP contribution in [0.15, 0.2) is 42.5 Å². The van der Waals surface area contributed by atoms with E-state index in [0.29, 0.717) is 23.0 Å². The smallest absolute Gasteiger partial charge is 0.340 e. The van der Waals surface area contributed by atoms with Crippen molar-refractivity contribution >= 4 is 17.5 Å². The van der Waals surface area contributed by atoms with Crippen LogP contribution in [0, 0.1) is 0 Å². The number of anilines is 2. The van der Waals surface area contributed by atoms with E-state index in [2.05, 4.69) is 24.8 Å².